The third kappa shape index (κ3) is 0.884. The summed E-state index contributed by atoms with van der Waals surface area (Å²) in [5, 5.41) is 0. The molecule has 1 aromatic rings. The molecule has 1 aliphatic heterocycles. The Labute approximate surface area is 104 Å². The molecule has 15 heavy (non-hydrogen) atoms. The second-order valence-electron chi connectivity index (χ2n) is 3.99. The van der Waals surface area contributed by atoms with Gasteiger partial charge in [0.05, 0.1) is 0 Å². The van der Waals surface area contributed by atoms with E-state index in [0.717, 1.165) is 4.47 Å². The zero-order chi connectivity index (χ0) is 10.2. The number of hydrogen-bond acceptors (Lipinski definition) is 1. The maximum absolute atomic E-state index is 5.66. The topological polar surface area (TPSA) is 12.5 Å². The van der Waals surface area contributed by atoms with E-state index in [0.29, 0.717) is 0 Å². The maximum Gasteiger partial charge on any atom is 0.179 e. The highest BCUT2D eigenvalue weighted by Crippen LogP contribution is 2.63. The molecular formula is C12H6Br2O. The van der Waals surface area contributed by atoms with Crippen LogP contribution >= 0.6 is 31.9 Å². The first kappa shape index (κ1) is 8.74. The highest BCUT2D eigenvalue weighted by molar-refractivity contribution is 9.10. The first-order valence-corrected chi connectivity index (χ1v) is 6.39. The van der Waals surface area contributed by atoms with Gasteiger partial charge in [0, 0.05) is 15.6 Å². The fraction of sp³-hybridized carbons (Fsp3) is 0.167. The Hall–Kier alpha value is -0.380. The van der Waals surface area contributed by atoms with E-state index in [1.807, 2.05) is 0 Å². The number of ether oxygens (including phenoxy) is 1. The summed E-state index contributed by atoms with van der Waals surface area (Å²) in [4.78, 5) is 0. The second kappa shape index (κ2) is 2.47. The molecule has 1 fully saturated rings. The van der Waals surface area contributed by atoms with Crippen LogP contribution in [-0.4, -0.2) is 10.6 Å². The molecule has 0 saturated carbocycles. The van der Waals surface area contributed by atoms with Crippen molar-refractivity contribution in [3.8, 4) is 0 Å². The third-order valence-electron chi connectivity index (χ3n) is 3.21. The van der Waals surface area contributed by atoms with Crippen molar-refractivity contribution < 1.29 is 4.74 Å². The molecule has 4 rings (SSSR count). The minimum Gasteiger partial charge on any atom is -0.345 e. The minimum absolute atomic E-state index is 0.219. The van der Waals surface area contributed by atoms with Gasteiger partial charge in [-0.15, -0.1) is 0 Å². The Balaban J connectivity index is 2.01. The maximum atomic E-state index is 5.66. The van der Waals surface area contributed by atoms with Crippen molar-refractivity contribution in [2.45, 2.75) is 10.6 Å². The summed E-state index contributed by atoms with van der Waals surface area (Å²) in [5.74, 6) is 0. The van der Waals surface area contributed by atoms with E-state index >= 15 is 0 Å². The Morgan fingerprint density at radius 3 is 3.07 bits per heavy atom. The summed E-state index contributed by atoms with van der Waals surface area (Å²) in [6.07, 6.45) is 4.51. The number of alkyl halides is 1. The van der Waals surface area contributed by atoms with Gasteiger partial charge in [-0.25, -0.2) is 0 Å². The van der Waals surface area contributed by atoms with Crippen LogP contribution in [0.3, 0.4) is 0 Å². The van der Waals surface area contributed by atoms with Crippen LogP contribution in [-0.2, 0) is 4.74 Å². The average Bonchev–Trinajstić information content (AvgIpc) is 2.82. The Morgan fingerprint density at radius 2 is 2.20 bits per heavy atom. The smallest absolute Gasteiger partial charge is 0.179 e. The molecule has 1 heterocycles. The molecule has 0 spiro atoms. The molecule has 3 heteroatoms. The van der Waals surface area contributed by atoms with Gasteiger partial charge in [-0.05, 0) is 33.1 Å². The minimum atomic E-state index is -0.228. The zero-order valence-corrected chi connectivity index (χ0v) is 10.8. The number of rotatable bonds is 0. The molecular weight excluding hydrogens is 320 g/mol. The lowest BCUT2D eigenvalue weighted by molar-refractivity contribution is 0.407. The highest BCUT2D eigenvalue weighted by atomic mass is 79.9. The van der Waals surface area contributed by atoms with Gasteiger partial charge in [0.25, 0.3) is 0 Å². The van der Waals surface area contributed by atoms with Gasteiger partial charge in [-0.3, -0.25) is 0 Å². The van der Waals surface area contributed by atoms with Gasteiger partial charge in [0.1, 0.15) is 6.10 Å². The van der Waals surface area contributed by atoms with E-state index in [9.17, 15) is 0 Å². The number of epoxide rings is 1. The van der Waals surface area contributed by atoms with E-state index in [-0.39, 0.29) is 10.6 Å². The predicted octanol–water partition coefficient (Wildman–Crippen LogP) is 3.73. The lowest BCUT2D eigenvalue weighted by Gasteiger charge is -2.31. The van der Waals surface area contributed by atoms with Gasteiger partial charge < -0.3 is 4.74 Å². The molecule has 2 unspecified atom stereocenters. The fourth-order valence-corrected chi connectivity index (χ4v) is 3.77. The molecule has 2 aliphatic carbocycles. The van der Waals surface area contributed by atoms with Crippen molar-refractivity contribution in [1.82, 2.24) is 0 Å². The van der Waals surface area contributed by atoms with Crippen molar-refractivity contribution in [1.29, 1.82) is 0 Å². The van der Waals surface area contributed by atoms with Crippen LogP contribution in [0.2, 0.25) is 0 Å². The summed E-state index contributed by atoms with van der Waals surface area (Å²) >= 11 is 7.27. The third-order valence-corrected chi connectivity index (χ3v) is 4.90. The molecule has 1 nitrogen and oxygen atoms in total. The predicted molar refractivity (Wildman–Crippen MR) is 66.6 cm³/mol. The number of halogens is 2. The number of allylic oxidation sites excluding steroid dienone is 2. The summed E-state index contributed by atoms with van der Waals surface area (Å²) in [7, 11) is 0. The van der Waals surface area contributed by atoms with Gasteiger partial charge in [-0.1, -0.05) is 40.2 Å². The first-order chi connectivity index (χ1) is 7.22. The first-order valence-electron chi connectivity index (χ1n) is 4.81. The van der Waals surface area contributed by atoms with Gasteiger partial charge in [-0.2, -0.15) is 0 Å². The standard InChI is InChI=1S/C12H6Br2O/c13-8-3-1-2-6-7-4-5-9-12(14,15-9)11(7)10(6)8/h1-5,9H. The van der Waals surface area contributed by atoms with E-state index in [1.165, 1.54) is 22.3 Å². The summed E-state index contributed by atoms with van der Waals surface area (Å²) in [6, 6.07) is 6.30. The van der Waals surface area contributed by atoms with Crippen LogP contribution in [0, 0.1) is 0 Å². The lowest BCUT2D eigenvalue weighted by atomic mass is 9.76. The van der Waals surface area contributed by atoms with Gasteiger partial charge in [0.15, 0.2) is 4.51 Å². The van der Waals surface area contributed by atoms with Crippen LogP contribution in [0.15, 0.2) is 34.8 Å². The van der Waals surface area contributed by atoms with Crippen molar-refractivity contribution in [2.24, 2.45) is 0 Å². The Morgan fingerprint density at radius 1 is 1.33 bits per heavy atom. The molecule has 1 saturated heterocycles. The summed E-state index contributed by atoms with van der Waals surface area (Å²) in [5.41, 5.74) is 5.24. The quantitative estimate of drug-likeness (QED) is 0.523. The average molecular weight is 326 g/mol. The lowest BCUT2D eigenvalue weighted by Crippen LogP contribution is -2.20. The van der Waals surface area contributed by atoms with Crippen LogP contribution in [0.1, 0.15) is 11.1 Å². The highest BCUT2D eigenvalue weighted by Gasteiger charge is 2.61. The SMILES string of the molecule is Brc1cccc2c1C1=C2C=CC2OC12Br. The number of hydrogen-bond donors (Lipinski definition) is 0. The van der Waals surface area contributed by atoms with Crippen LogP contribution in [0.25, 0.3) is 11.1 Å². The van der Waals surface area contributed by atoms with Crippen LogP contribution in [0.5, 0.6) is 0 Å². The van der Waals surface area contributed by atoms with Crippen molar-refractivity contribution in [3.63, 3.8) is 0 Å². The number of fused-ring (bicyclic) bond motifs is 5. The van der Waals surface area contributed by atoms with Crippen LogP contribution < -0.4 is 0 Å². The van der Waals surface area contributed by atoms with Crippen molar-refractivity contribution in [2.75, 3.05) is 0 Å². The Bertz CT molecular complexity index is 559. The monoisotopic (exact) mass is 324 g/mol. The van der Waals surface area contributed by atoms with Crippen molar-refractivity contribution >= 4 is 43.0 Å². The summed E-state index contributed by atoms with van der Waals surface area (Å²) in [6.45, 7) is 0. The molecule has 2 atom stereocenters. The zero-order valence-electron chi connectivity index (χ0n) is 7.63. The molecule has 0 radical (unpaired) electrons. The molecule has 0 N–H and O–H groups in total. The fourth-order valence-electron chi connectivity index (χ4n) is 2.44. The van der Waals surface area contributed by atoms with E-state index < -0.39 is 0 Å². The van der Waals surface area contributed by atoms with E-state index in [2.05, 4.69) is 62.2 Å². The van der Waals surface area contributed by atoms with Crippen molar-refractivity contribution in [3.05, 3.63) is 46.0 Å². The molecule has 3 aliphatic rings. The van der Waals surface area contributed by atoms with Crippen LogP contribution in [0.4, 0.5) is 0 Å². The molecule has 1 aromatic carbocycles. The largest absolute Gasteiger partial charge is 0.345 e. The molecule has 0 bridgehead atoms. The number of benzene rings is 1. The van der Waals surface area contributed by atoms with Gasteiger partial charge in [0.2, 0.25) is 0 Å². The normalized spacial score (nSPS) is 34.1. The van der Waals surface area contributed by atoms with E-state index in [1.54, 1.807) is 0 Å². The summed E-state index contributed by atoms with van der Waals surface area (Å²) < 4.78 is 6.59. The Kier molecular flexibility index (Phi) is 1.44. The molecule has 0 aromatic heterocycles. The second-order valence-corrected chi connectivity index (χ2v) is 6.03. The molecule has 0 amide bonds. The van der Waals surface area contributed by atoms with E-state index in [4.69, 9.17) is 4.74 Å². The van der Waals surface area contributed by atoms with Gasteiger partial charge >= 0.3 is 0 Å². The molecule has 74 valence electrons.